The molecule has 2 rings (SSSR count). The highest BCUT2D eigenvalue weighted by Crippen LogP contribution is 2.30. The van der Waals surface area contributed by atoms with E-state index in [1.54, 1.807) is 53.7 Å². The number of primary amides is 1. The Kier molecular flexibility index (Phi) is 36.5. The van der Waals surface area contributed by atoms with E-state index in [-0.39, 0.29) is 38.8 Å². The summed E-state index contributed by atoms with van der Waals surface area (Å²) in [5, 5.41) is 63.5. The van der Waals surface area contributed by atoms with E-state index in [9.17, 15) is 109 Å². The number of alkyl halides is 6. The van der Waals surface area contributed by atoms with Crippen LogP contribution in [0.2, 0.25) is 0 Å². The molecular weight excluding hydrogens is 1440 g/mol. The Hall–Kier alpha value is -10.8. The average molecular weight is 1540 g/mol. The number of nitrogens with zero attached hydrogens (tertiary/aromatic N) is 1. The molecule has 36 nitrogen and oxygen atoms in total. The number of nitrogens with one attached hydrogen (secondary N) is 12. The summed E-state index contributed by atoms with van der Waals surface area (Å²) >= 11 is 0. The third kappa shape index (κ3) is 32.2. The molecule has 2 aromatic carbocycles. The van der Waals surface area contributed by atoms with Gasteiger partial charge in [-0.05, 0) is 81.9 Å². The number of ether oxygens (including phenoxy) is 4. The number of nitrogens with two attached hydrogens (primary N) is 2. The van der Waals surface area contributed by atoms with E-state index in [1.165, 1.54) is 31.4 Å². The number of carboxylic acid groups (broad SMARTS) is 1. The maximum absolute atomic E-state index is 14.6. The number of aliphatic hydroxyl groups is 2. The van der Waals surface area contributed by atoms with E-state index in [1.807, 2.05) is 60.7 Å². The lowest BCUT2D eigenvalue weighted by atomic mass is 9.96. The van der Waals surface area contributed by atoms with Crippen LogP contribution in [0.15, 0.2) is 48.5 Å². The molecule has 0 radical (unpaired) electrons. The van der Waals surface area contributed by atoms with Gasteiger partial charge in [-0.15, -0.1) is 0 Å². The number of para-hydroxylation sites is 1. The molecule has 0 saturated heterocycles. The summed E-state index contributed by atoms with van der Waals surface area (Å²) in [5.74, 6) is -24.4. The van der Waals surface area contributed by atoms with Crippen LogP contribution in [0.25, 0.3) is 11.1 Å². The molecule has 0 fully saturated rings. The second-order valence-corrected chi connectivity index (χ2v) is 26.3. The summed E-state index contributed by atoms with van der Waals surface area (Å²) in [4.78, 5) is 188. The van der Waals surface area contributed by atoms with Gasteiger partial charge < -0.3 is 109 Å². The number of benzene rings is 2. The van der Waals surface area contributed by atoms with Crippen LogP contribution in [-0.4, -0.2) is 229 Å². The summed E-state index contributed by atoms with van der Waals surface area (Å²) in [5.41, 5.74) is 12.8. The van der Waals surface area contributed by atoms with Crippen LogP contribution < -0.4 is 74.9 Å². The van der Waals surface area contributed by atoms with Crippen molar-refractivity contribution in [3.05, 3.63) is 54.1 Å². The highest BCUT2D eigenvalue weighted by atomic mass is 19.4. The first-order valence-electron chi connectivity index (χ1n) is 33.1. The number of amides is 11. The van der Waals surface area contributed by atoms with Crippen molar-refractivity contribution in [2.75, 3.05) is 45.2 Å². The van der Waals surface area contributed by atoms with Crippen molar-refractivity contribution in [1.29, 1.82) is 5.41 Å². The van der Waals surface area contributed by atoms with Crippen molar-refractivity contribution in [3.63, 3.8) is 0 Å². The van der Waals surface area contributed by atoms with Crippen LogP contribution in [-0.2, 0) is 83.1 Å². The van der Waals surface area contributed by atoms with Crippen LogP contribution in [0.4, 0.5) is 41.6 Å². The van der Waals surface area contributed by atoms with Gasteiger partial charge in [-0.2, -0.15) is 26.3 Å². The number of hydrogen-bond donors (Lipinski definition) is 17. The third-order valence-corrected chi connectivity index (χ3v) is 15.2. The molecule has 598 valence electrons. The second kappa shape index (κ2) is 42.4. The minimum absolute atomic E-state index is 0.0457. The van der Waals surface area contributed by atoms with Crippen molar-refractivity contribution >= 4 is 94.9 Å². The van der Waals surface area contributed by atoms with E-state index >= 15 is 0 Å². The van der Waals surface area contributed by atoms with Crippen LogP contribution in [0.3, 0.4) is 0 Å². The van der Waals surface area contributed by atoms with Gasteiger partial charge in [0.1, 0.15) is 55.1 Å². The maximum Gasteiger partial charge on any atom is 0.490 e. The highest BCUT2D eigenvalue weighted by Gasteiger charge is 2.48. The van der Waals surface area contributed by atoms with Crippen molar-refractivity contribution in [2.45, 2.75) is 186 Å². The van der Waals surface area contributed by atoms with Gasteiger partial charge in [0.15, 0.2) is 18.0 Å². The normalized spacial score (nSPS) is 14.9. The lowest BCUT2D eigenvalue weighted by Crippen LogP contribution is -2.63. The van der Waals surface area contributed by atoms with E-state index in [0.29, 0.717) is 5.56 Å². The molecule has 0 aliphatic heterocycles. The minimum Gasteiger partial charge on any atom is -0.480 e. The predicted octanol–water partition coefficient (Wildman–Crippen LogP) is -1.05. The standard InChI is InChI=1S/C65H95F6N15O21/c1-13-32(6)43(54(95)84-44(33(7)87)53(94)76-27-42(88)82-46(48(49(72)90)106-59(101)65(69,70)71)56(97)80-40(57(98)99)29-104-58(100)64(66,67)68)83-50(91)37(18-16-24-75-60(73)74)78-51(92)38(25-30(2)3)79-55(96)45(47(89)31(4)5)85-52(93)39(26-77-61(102)107-63(8,9)10)81-62(103)105-28-34-20-22-35(23-21-34)36-17-14-15-19-41(36)86(11)12/h14-15,17,19-23,30-33,37-40,43-48,87,89H,13,16,18,24-29H2,1-12H3,(H2,72,90)(H,76,94)(H,77,102)(H,78,92)(H,79,96)(H,80,97)(H,81,103)(H,82,88)(H,83,91)(H,84,95)(H,85,93)(H,98,99)(H4,73,74,75)/t32-,33-,37+,38-,39-,40-,43-,44-,45-,46-,47+,48-/m0/s1. The summed E-state index contributed by atoms with van der Waals surface area (Å²) in [6.07, 6.45) is -21.2. The Morgan fingerprint density at radius 1 is 0.589 bits per heavy atom. The fourth-order valence-corrected chi connectivity index (χ4v) is 9.44. The van der Waals surface area contributed by atoms with E-state index in [4.69, 9.17) is 26.4 Å². The lowest BCUT2D eigenvalue weighted by Gasteiger charge is -2.31. The van der Waals surface area contributed by atoms with E-state index < -0.39 is 211 Å². The molecule has 0 aromatic heterocycles. The first-order chi connectivity index (χ1) is 49.5. The van der Waals surface area contributed by atoms with Gasteiger partial charge in [0.05, 0.1) is 25.3 Å². The number of carbonyl (C=O) groups is 14. The zero-order valence-electron chi connectivity index (χ0n) is 60.6. The highest BCUT2D eigenvalue weighted by molar-refractivity contribution is 6.00. The van der Waals surface area contributed by atoms with E-state index in [0.717, 1.165) is 23.7 Å². The molecule has 0 unspecified atom stereocenters. The van der Waals surface area contributed by atoms with Crippen molar-refractivity contribution in [2.24, 2.45) is 29.2 Å². The molecule has 0 bridgehead atoms. The first-order valence-corrected chi connectivity index (χ1v) is 33.1. The van der Waals surface area contributed by atoms with Gasteiger partial charge in [-0.3, -0.25) is 48.6 Å². The molecule has 12 atom stereocenters. The van der Waals surface area contributed by atoms with Gasteiger partial charge in [0.2, 0.25) is 53.4 Å². The Balaban J connectivity index is 2.51. The lowest BCUT2D eigenvalue weighted by molar-refractivity contribution is -0.206. The smallest absolute Gasteiger partial charge is 0.480 e. The monoisotopic (exact) mass is 1540 g/mol. The Morgan fingerprint density at radius 3 is 1.64 bits per heavy atom. The summed E-state index contributed by atoms with van der Waals surface area (Å²) < 4.78 is 96.7. The van der Waals surface area contributed by atoms with Crippen molar-refractivity contribution < 1.29 is 128 Å². The number of carboxylic acids is 1. The fourth-order valence-electron chi connectivity index (χ4n) is 9.44. The number of carbonyl (C=O) groups excluding carboxylic acids is 13. The van der Waals surface area contributed by atoms with Crippen LogP contribution in [0.1, 0.15) is 100 Å². The largest absolute Gasteiger partial charge is 0.490 e. The molecule has 0 aliphatic rings. The average Bonchev–Trinajstić information content (AvgIpc) is 0.839. The number of halogens is 6. The number of hydrogen-bond acceptors (Lipinski definition) is 22. The molecule has 42 heteroatoms. The zero-order chi connectivity index (χ0) is 81.8. The molecule has 0 heterocycles. The number of alkyl carbamates (subject to hydrolysis) is 2. The molecule has 11 amide bonds. The Bertz CT molecular complexity index is 3450. The molecule has 19 N–H and O–H groups in total. The fraction of sp³-hybridized carbons (Fsp3) is 0.585. The first kappa shape index (κ1) is 92.3. The summed E-state index contributed by atoms with van der Waals surface area (Å²) in [7, 11) is 3.79. The molecule has 2 aromatic rings. The van der Waals surface area contributed by atoms with Crippen LogP contribution >= 0.6 is 0 Å². The van der Waals surface area contributed by atoms with Gasteiger partial charge in [-0.1, -0.05) is 90.4 Å². The van der Waals surface area contributed by atoms with Crippen LogP contribution in [0, 0.1) is 23.2 Å². The minimum atomic E-state index is -5.95. The van der Waals surface area contributed by atoms with Crippen LogP contribution in [0.5, 0.6) is 0 Å². The zero-order valence-corrected chi connectivity index (χ0v) is 60.6. The van der Waals surface area contributed by atoms with Crippen molar-refractivity contribution in [3.8, 4) is 11.1 Å². The molecule has 107 heavy (non-hydrogen) atoms. The van der Waals surface area contributed by atoms with Gasteiger partial charge in [0, 0.05) is 31.9 Å². The predicted molar refractivity (Wildman–Crippen MR) is 364 cm³/mol. The Morgan fingerprint density at radius 2 is 1.12 bits per heavy atom. The second-order valence-electron chi connectivity index (χ2n) is 26.3. The SMILES string of the molecule is CC[C@H](C)[C@H](NC(=O)[C@@H](CCCNC(=N)N)NC(=O)[C@H](CC(C)C)NC(=O)[C@@H](NC(=O)[C@H](CNC(=O)OC(C)(C)C)NC(=O)OCc1ccc(-c2ccccc2N(C)C)cc1)[C@H](O)C(C)C)C(=O)N[C@H](C(=O)NCC(=O)N[C@H](C(=O)N[C@@H](COC(=O)C(F)(F)F)C(=O)O)[C@H](OC(=O)C(F)(F)F)C(N)=O)[C@H](C)O. The Labute approximate surface area is 610 Å². The van der Waals surface area contributed by atoms with Gasteiger partial charge >= 0.3 is 42.4 Å². The number of anilines is 1. The van der Waals surface area contributed by atoms with Crippen molar-refractivity contribution in [1.82, 2.24) is 58.5 Å². The summed E-state index contributed by atoms with van der Waals surface area (Å²) in [6.45, 7) is 10.5. The van der Waals surface area contributed by atoms with Gasteiger partial charge in [-0.25, -0.2) is 24.0 Å². The molecular formula is C65H95F6N15O21. The maximum atomic E-state index is 14.6. The molecule has 0 spiro atoms. The molecule has 0 saturated carbocycles. The molecule has 0 aliphatic carbocycles. The number of rotatable bonds is 40. The number of esters is 2. The van der Waals surface area contributed by atoms with Gasteiger partial charge in [0.25, 0.3) is 5.91 Å². The topological polar surface area (TPSA) is 548 Å². The third-order valence-electron chi connectivity index (χ3n) is 15.2. The quantitative estimate of drug-likeness (QED) is 0.00945. The number of aliphatic hydroxyl groups excluding tert-OH is 2. The summed E-state index contributed by atoms with van der Waals surface area (Å²) in [6, 6.07) is -1.74. The number of guanidine groups is 1. The van der Waals surface area contributed by atoms with E-state index in [2.05, 4.69) is 52.0 Å². The number of aliphatic carboxylic acids is 1.